The average Bonchev–Trinajstić information content (AvgIpc) is 2.84. The predicted octanol–water partition coefficient (Wildman–Crippen LogP) is 4.45. The molecule has 22 heavy (non-hydrogen) atoms. The van der Waals surface area contributed by atoms with E-state index < -0.39 is 5.60 Å². The fourth-order valence-corrected chi connectivity index (χ4v) is 2.87. The van der Waals surface area contributed by atoms with Crippen molar-refractivity contribution in [2.45, 2.75) is 52.1 Å². The number of azide groups is 1. The van der Waals surface area contributed by atoms with Crippen molar-refractivity contribution < 1.29 is 9.53 Å². The average molecular weight is 324 g/mol. The van der Waals surface area contributed by atoms with Crippen molar-refractivity contribution in [2.24, 2.45) is 5.11 Å². The predicted molar refractivity (Wildman–Crippen MR) is 89.2 cm³/mol. The molecule has 7 heteroatoms. The molecule has 0 unspecified atom stereocenters. The van der Waals surface area contributed by atoms with Crippen molar-refractivity contribution in [1.29, 1.82) is 0 Å². The van der Waals surface area contributed by atoms with Crippen molar-refractivity contribution in [1.82, 2.24) is 5.32 Å². The molecule has 0 atom stereocenters. The van der Waals surface area contributed by atoms with E-state index in [9.17, 15) is 4.79 Å². The minimum atomic E-state index is -0.451. The second-order valence-corrected chi connectivity index (χ2v) is 7.21. The zero-order chi connectivity index (χ0) is 16.4. The molecule has 0 saturated carbocycles. The van der Waals surface area contributed by atoms with Crippen LogP contribution in [-0.4, -0.2) is 24.8 Å². The number of unbranched alkanes of at least 4 members (excludes halogenated alkanes) is 1. The second-order valence-electron chi connectivity index (χ2n) is 5.96. The Kier molecular flexibility index (Phi) is 7.77. The monoisotopic (exact) mass is 324 g/mol. The largest absolute Gasteiger partial charge is 0.444 e. The van der Waals surface area contributed by atoms with E-state index in [1.54, 1.807) is 11.3 Å². The minimum Gasteiger partial charge on any atom is -0.444 e. The van der Waals surface area contributed by atoms with E-state index in [-0.39, 0.29) is 6.09 Å². The standard InChI is InChI=1S/C15H24N4O2S/c1-15(2,3)21-14(20)17-10-5-4-6-12-7-8-13(22-12)9-11-18-19-16/h7-8H,4-6,9-11H2,1-3H3,(H,17,20). The Morgan fingerprint density at radius 2 is 2.00 bits per heavy atom. The number of ether oxygens (including phenoxy) is 1. The second kappa shape index (κ2) is 9.33. The molecular weight excluding hydrogens is 300 g/mol. The Morgan fingerprint density at radius 1 is 1.32 bits per heavy atom. The molecule has 122 valence electrons. The molecule has 0 radical (unpaired) electrons. The third-order valence-corrected chi connectivity index (χ3v) is 3.96. The van der Waals surface area contributed by atoms with E-state index in [4.69, 9.17) is 10.3 Å². The van der Waals surface area contributed by atoms with Crippen LogP contribution < -0.4 is 5.32 Å². The molecule has 1 heterocycles. The Labute approximate surface area is 135 Å². The van der Waals surface area contributed by atoms with E-state index in [1.807, 2.05) is 20.8 Å². The van der Waals surface area contributed by atoms with Gasteiger partial charge >= 0.3 is 6.09 Å². The van der Waals surface area contributed by atoms with Crippen LogP contribution in [-0.2, 0) is 17.6 Å². The highest BCUT2D eigenvalue weighted by Crippen LogP contribution is 2.19. The fourth-order valence-electron chi connectivity index (χ4n) is 1.82. The first-order valence-electron chi connectivity index (χ1n) is 7.46. The van der Waals surface area contributed by atoms with Gasteiger partial charge in [0.25, 0.3) is 0 Å². The van der Waals surface area contributed by atoms with Gasteiger partial charge in [-0.15, -0.1) is 11.3 Å². The number of nitrogens with one attached hydrogen (secondary N) is 1. The number of alkyl carbamates (subject to hydrolysis) is 1. The fraction of sp³-hybridized carbons (Fsp3) is 0.667. The van der Waals surface area contributed by atoms with Crippen LogP contribution in [0.25, 0.3) is 10.4 Å². The summed E-state index contributed by atoms with van der Waals surface area (Å²) in [7, 11) is 0. The zero-order valence-electron chi connectivity index (χ0n) is 13.5. The van der Waals surface area contributed by atoms with Crippen LogP contribution in [0.1, 0.15) is 43.4 Å². The summed E-state index contributed by atoms with van der Waals surface area (Å²) < 4.78 is 5.17. The van der Waals surface area contributed by atoms with Gasteiger partial charge in [0.15, 0.2) is 0 Å². The van der Waals surface area contributed by atoms with Crippen molar-refractivity contribution >= 4 is 17.4 Å². The Balaban J connectivity index is 2.14. The molecule has 0 spiro atoms. The van der Waals surface area contributed by atoms with E-state index in [1.165, 1.54) is 9.75 Å². The third kappa shape index (κ3) is 8.54. The first kappa shape index (κ1) is 18.3. The summed E-state index contributed by atoms with van der Waals surface area (Å²) in [6.07, 6.45) is 3.39. The van der Waals surface area contributed by atoms with Crippen LogP contribution in [0.2, 0.25) is 0 Å². The van der Waals surface area contributed by atoms with Crippen LogP contribution in [0.3, 0.4) is 0 Å². The molecular formula is C15H24N4O2S. The summed E-state index contributed by atoms with van der Waals surface area (Å²) in [4.78, 5) is 16.8. The molecule has 6 nitrogen and oxygen atoms in total. The van der Waals surface area contributed by atoms with Gasteiger partial charge in [-0.1, -0.05) is 5.11 Å². The van der Waals surface area contributed by atoms with Crippen molar-refractivity contribution in [2.75, 3.05) is 13.1 Å². The molecule has 1 amide bonds. The molecule has 0 aromatic carbocycles. The third-order valence-electron chi connectivity index (χ3n) is 2.76. The SMILES string of the molecule is CC(C)(C)OC(=O)NCCCCc1ccc(CCN=[N+]=[N-])s1. The molecule has 1 rings (SSSR count). The van der Waals surface area contributed by atoms with E-state index >= 15 is 0 Å². The lowest BCUT2D eigenvalue weighted by molar-refractivity contribution is 0.0527. The van der Waals surface area contributed by atoms with E-state index in [0.717, 1.165) is 25.7 Å². The molecule has 0 fully saturated rings. The van der Waals surface area contributed by atoms with Crippen molar-refractivity contribution in [3.8, 4) is 0 Å². The van der Waals surface area contributed by atoms with Gasteiger partial charge in [-0.05, 0) is 64.1 Å². The summed E-state index contributed by atoms with van der Waals surface area (Å²) in [6, 6.07) is 4.21. The van der Waals surface area contributed by atoms with Gasteiger partial charge < -0.3 is 10.1 Å². The molecule has 0 aliphatic rings. The molecule has 1 aromatic rings. The Morgan fingerprint density at radius 3 is 2.64 bits per heavy atom. The maximum Gasteiger partial charge on any atom is 0.407 e. The van der Waals surface area contributed by atoms with Crippen molar-refractivity contribution in [3.63, 3.8) is 0 Å². The maximum atomic E-state index is 11.5. The molecule has 0 saturated heterocycles. The minimum absolute atomic E-state index is 0.357. The highest BCUT2D eigenvalue weighted by Gasteiger charge is 2.15. The summed E-state index contributed by atoms with van der Waals surface area (Å²) >= 11 is 1.76. The van der Waals surface area contributed by atoms with E-state index in [2.05, 4.69) is 27.5 Å². The lowest BCUT2D eigenvalue weighted by atomic mass is 10.2. The Bertz CT molecular complexity index is 516. The number of hydrogen-bond donors (Lipinski definition) is 1. The molecule has 0 aliphatic heterocycles. The summed E-state index contributed by atoms with van der Waals surface area (Å²) in [6.45, 7) is 6.69. The number of hydrogen-bond acceptors (Lipinski definition) is 4. The zero-order valence-corrected chi connectivity index (χ0v) is 14.3. The summed E-state index contributed by atoms with van der Waals surface area (Å²) in [5.74, 6) is 0. The molecule has 1 aromatic heterocycles. The quantitative estimate of drug-likeness (QED) is 0.331. The highest BCUT2D eigenvalue weighted by atomic mass is 32.1. The van der Waals surface area contributed by atoms with Crippen LogP contribution in [0.15, 0.2) is 17.2 Å². The number of nitrogens with zero attached hydrogens (tertiary/aromatic N) is 3. The summed E-state index contributed by atoms with van der Waals surface area (Å²) in [5.41, 5.74) is 7.79. The van der Waals surface area contributed by atoms with Gasteiger partial charge in [0.05, 0.1) is 0 Å². The topological polar surface area (TPSA) is 87.1 Å². The molecule has 0 aliphatic carbocycles. The number of carbonyl (C=O) groups is 1. The first-order chi connectivity index (χ1) is 10.4. The van der Waals surface area contributed by atoms with Crippen LogP contribution in [0.4, 0.5) is 4.79 Å². The Hall–Kier alpha value is -1.72. The lowest BCUT2D eigenvalue weighted by Gasteiger charge is -2.19. The number of rotatable bonds is 8. The number of thiophene rings is 1. The summed E-state index contributed by atoms with van der Waals surface area (Å²) in [5, 5.41) is 6.30. The maximum absolute atomic E-state index is 11.5. The van der Waals surface area contributed by atoms with Crippen molar-refractivity contribution in [3.05, 3.63) is 32.3 Å². The molecule has 0 bridgehead atoms. The number of aryl methyl sites for hydroxylation is 1. The lowest BCUT2D eigenvalue weighted by Crippen LogP contribution is -2.33. The van der Waals surface area contributed by atoms with Gasteiger partial charge in [-0.25, -0.2) is 4.79 Å². The number of carbonyl (C=O) groups excluding carboxylic acids is 1. The van der Waals surface area contributed by atoms with Gasteiger partial charge in [-0.3, -0.25) is 0 Å². The van der Waals surface area contributed by atoms with Crippen LogP contribution in [0, 0.1) is 0 Å². The molecule has 1 N–H and O–H groups in total. The first-order valence-corrected chi connectivity index (χ1v) is 8.27. The number of amides is 1. The highest BCUT2D eigenvalue weighted by molar-refractivity contribution is 7.11. The van der Waals surface area contributed by atoms with Crippen LogP contribution >= 0.6 is 11.3 Å². The normalized spacial score (nSPS) is 10.9. The van der Waals surface area contributed by atoms with Gasteiger partial charge in [0.1, 0.15) is 5.60 Å². The van der Waals surface area contributed by atoms with Crippen LogP contribution in [0.5, 0.6) is 0 Å². The smallest absolute Gasteiger partial charge is 0.407 e. The van der Waals surface area contributed by atoms with Gasteiger partial charge in [-0.2, -0.15) is 0 Å². The van der Waals surface area contributed by atoms with Gasteiger partial charge in [0.2, 0.25) is 0 Å². The van der Waals surface area contributed by atoms with Gasteiger partial charge in [0, 0.05) is 27.8 Å². The van der Waals surface area contributed by atoms with E-state index in [0.29, 0.717) is 13.1 Å².